The first-order valence-electron chi connectivity index (χ1n) is 14.1. The van der Waals surface area contributed by atoms with Crippen LogP contribution in [0.4, 0.5) is 10.5 Å². The Morgan fingerprint density at radius 3 is 2.10 bits per heavy atom. The molecule has 0 saturated heterocycles. The first-order valence-corrected chi connectivity index (χ1v) is 14.1. The minimum atomic E-state index is -1.16. The number of hydrogen-bond acceptors (Lipinski definition) is 5. The molecule has 0 aliphatic carbocycles. The smallest absolute Gasteiger partial charge is 0.408 e. The SMILES string of the molecule is Cc1cc(C)cc(C(C(=O)Nc2ccc3ccccc3c2)N(C(=O)C(CCC(N)=O)NC(=O)OC(C)(C)C)C(C)C)c1. The highest BCUT2D eigenvalue weighted by atomic mass is 16.6. The van der Waals surface area contributed by atoms with Gasteiger partial charge in [0.15, 0.2) is 0 Å². The minimum Gasteiger partial charge on any atom is -0.444 e. The molecule has 2 atom stereocenters. The second-order valence-corrected chi connectivity index (χ2v) is 11.9. The van der Waals surface area contributed by atoms with Gasteiger partial charge < -0.3 is 26.0 Å². The Morgan fingerprint density at radius 2 is 1.52 bits per heavy atom. The van der Waals surface area contributed by atoms with Gasteiger partial charge in [-0.3, -0.25) is 14.4 Å². The van der Waals surface area contributed by atoms with Crippen molar-refractivity contribution >= 4 is 40.3 Å². The predicted octanol–water partition coefficient (Wildman–Crippen LogP) is 5.53. The molecule has 9 nitrogen and oxygen atoms in total. The molecule has 0 heterocycles. The molecule has 0 radical (unpaired) electrons. The van der Waals surface area contributed by atoms with Gasteiger partial charge in [0, 0.05) is 18.2 Å². The Kier molecular flexibility index (Phi) is 10.3. The number of fused-ring (bicyclic) bond motifs is 1. The summed E-state index contributed by atoms with van der Waals surface area (Å²) in [5, 5.41) is 7.61. The van der Waals surface area contributed by atoms with Gasteiger partial charge in [0.2, 0.25) is 11.8 Å². The Morgan fingerprint density at radius 1 is 0.905 bits per heavy atom. The van der Waals surface area contributed by atoms with E-state index in [1.165, 1.54) is 4.90 Å². The van der Waals surface area contributed by atoms with Gasteiger partial charge in [0.1, 0.15) is 17.7 Å². The summed E-state index contributed by atoms with van der Waals surface area (Å²) in [4.78, 5) is 54.2. The number of amides is 4. The highest BCUT2D eigenvalue weighted by molar-refractivity contribution is 6.00. The second kappa shape index (κ2) is 13.5. The summed E-state index contributed by atoms with van der Waals surface area (Å²) in [6.07, 6.45) is -1.00. The van der Waals surface area contributed by atoms with Crippen molar-refractivity contribution in [3.8, 4) is 0 Å². The average Bonchev–Trinajstić information content (AvgIpc) is 2.87. The number of carbonyl (C=O) groups is 4. The van der Waals surface area contributed by atoms with E-state index in [1.54, 1.807) is 34.6 Å². The molecule has 3 aromatic rings. The normalized spacial score (nSPS) is 12.9. The summed E-state index contributed by atoms with van der Waals surface area (Å²) < 4.78 is 5.39. The van der Waals surface area contributed by atoms with Crippen LogP contribution >= 0.6 is 0 Å². The summed E-state index contributed by atoms with van der Waals surface area (Å²) in [6, 6.07) is 16.5. The number of anilines is 1. The zero-order chi connectivity index (χ0) is 31.2. The van der Waals surface area contributed by atoms with Gasteiger partial charge in [-0.2, -0.15) is 0 Å². The van der Waals surface area contributed by atoms with Crippen LogP contribution in [0.15, 0.2) is 60.7 Å². The summed E-state index contributed by atoms with van der Waals surface area (Å²) in [5.41, 5.74) is 7.66. The Hall–Kier alpha value is -4.40. The Balaban J connectivity index is 2.05. The van der Waals surface area contributed by atoms with Crippen LogP contribution in [-0.2, 0) is 19.1 Å². The van der Waals surface area contributed by atoms with Crippen LogP contribution in [-0.4, -0.2) is 46.4 Å². The van der Waals surface area contributed by atoms with Crippen molar-refractivity contribution in [2.75, 3.05) is 5.32 Å². The fourth-order valence-corrected chi connectivity index (χ4v) is 4.94. The Labute approximate surface area is 247 Å². The number of alkyl carbamates (subject to hydrolysis) is 1. The molecule has 3 aromatic carbocycles. The standard InChI is InChI=1S/C33H42N4O5/c1-20(2)37(31(40)27(14-15-28(34)38)36-32(41)42-33(5,6)7)29(25-17-21(3)16-22(4)18-25)30(39)35-26-13-12-23-10-8-9-11-24(23)19-26/h8-13,16-20,27,29H,14-15H2,1-7H3,(H2,34,38)(H,35,39)(H,36,41). The van der Waals surface area contributed by atoms with Gasteiger partial charge in [-0.25, -0.2) is 4.79 Å². The van der Waals surface area contributed by atoms with Crippen LogP contribution < -0.4 is 16.4 Å². The van der Waals surface area contributed by atoms with Gasteiger partial charge in [-0.15, -0.1) is 0 Å². The van der Waals surface area contributed by atoms with E-state index in [1.807, 2.05) is 74.5 Å². The third kappa shape index (κ3) is 8.80. The molecule has 0 aliphatic heterocycles. The van der Waals surface area contributed by atoms with Gasteiger partial charge in [0.25, 0.3) is 5.91 Å². The highest BCUT2D eigenvalue weighted by Gasteiger charge is 2.38. The molecule has 0 spiro atoms. The summed E-state index contributed by atoms with van der Waals surface area (Å²) in [7, 11) is 0. The van der Waals surface area contributed by atoms with E-state index < -0.39 is 47.5 Å². The maximum absolute atomic E-state index is 14.2. The molecule has 2 unspecified atom stereocenters. The number of hydrogen-bond donors (Lipinski definition) is 3. The first kappa shape index (κ1) is 32.1. The third-order valence-corrected chi connectivity index (χ3v) is 6.58. The van der Waals surface area contributed by atoms with Crippen LogP contribution in [0.5, 0.6) is 0 Å². The van der Waals surface area contributed by atoms with E-state index in [0.717, 1.165) is 21.9 Å². The molecule has 0 aliphatic rings. The molecule has 4 N–H and O–H groups in total. The number of nitrogens with zero attached hydrogens (tertiary/aromatic N) is 1. The van der Waals surface area contributed by atoms with Crippen molar-refractivity contribution in [3.05, 3.63) is 77.4 Å². The minimum absolute atomic E-state index is 0.0531. The summed E-state index contributed by atoms with van der Waals surface area (Å²) in [5.74, 6) is -1.56. The van der Waals surface area contributed by atoms with Gasteiger partial charge in [-0.05, 0) is 83.4 Å². The van der Waals surface area contributed by atoms with Crippen molar-refractivity contribution in [3.63, 3.8) is 0 Å². The topological polar surface area (TPSA) is 131 Å². The van der Waals surface area contributed by atoms with Crippen LogP contribution in [0.2, 0.25) is 0 Å². The molecule has 3 rings (SSSR count). The van der Waals surface area contributed by atoms with E-state index in [2.05, 4.69) is 10.6 Å². The number of ether oxygens (including phenoxy) is 1. The number of carbonyl (C=O) groups excluding carboxylic acids is 4. The van der Waals surface area contributed by atoms with Crippen LogP contribution in [0.1, 0.15) is 70.2 Å². The monoisotopic (exact) mass is 574 g/mol. The van der Waals surface area contributed by atoms with E-state index in [-0.39, 0.29) is 12.8 Å². The molecule has 0 bridgehead atoms. The molecule has 4 amide bonds. The van der Waals surface area contributed by atoms with E-state index in [4.69, 9.17) is 10.5 Å². The second-order valence-electron chi connectivity index (χ2n) is 11.9. The highest BCUT2D eigenvalue weighted by Crippen LogP contribution is 2.29. The molecule has 0 fully saturated rings. The maximum atomic E-state index is 14.2. The van der Waals surface area contributed by atoms with Crippen molar-refractivity contribution in [2.24, 2.45) is 5.73 Å². The zero-order valence-electron chi connectivity index (χ0n) is 25.5. The number of rotatable bonds is 10. The first-order chi connectivity index (χ1) is 19.6. The largest absolute Gasteiger partial charge is 0.444 e. The number of nitrogens with two attached hydrogens (primary N) is 1. The van der Waals surface area contributed by atoms with Gasteiger partial charge >= 0.3 is 6.09 Å². The van der Waals surface area contributed by atoms with Crippen molar-refractivity contribution in [1.82, 2.24) is 10.2 Å². The molecule has 0 saturated carbocycles. The van der Waals surface area contributed by atoms with Crippen molar-refractivity contribution in [1.29, 1.82) is 0 Å². The molecular formula is C33H42N4O5. The van der Waals surface area contributed by atoms with E-state index >= 15 is 0 Å². The molecule has 0 aromatic heterocycles. The number of primary amides is 1. The number of benzene rings is 3. The quantitative estimate of drug-likeness (QED) is 0.293. The van der Waals surface area contributed by atoms with Gasteiger partial charge in [0.05, 0.1) is 0 Å². The zero-order valence-corrected chi connectivity index (χ0v) is 25.5. The van der Waals surface area contributed by atoms with E-state index in [9.17, 15) is 19.2 Å². The van der Waals surface area contributed by atoms with Gasteiger partial charge in [-0.1, -0.05) is 59.7 Å². The lowest BCUT2D eigenvalue weighted by molar-refractivity contribution is -0.143. The molecule has 42 heavy (non-hydrogen) atoms. The summed E-state index contributed by atoms with van der Waals surface area (Å²) >= 11 is 0. The average molecular weight is 575 g/mol. The summed E-state index contributed by atoms with van der Waals surface area (Å²) in [6.45, 7) is 12.6. The van der Waals surface area contributed by atoms with Crippen LogP contribution in [0.3, 0.4) is 0 Å². The van der Waals surface area contributed by atoms with Crippen LogP contribution in [0.25, 0.3) is 10.8 Å². The lowest BCUT2D eigenvalue weighted by Crippen LogP contribution is -2.54. The number of nitrogens with one attached hydrogen (secondary N) is 2. The Bertz CT molecular complexity index is 1440. The molecule has 224 valence electrons. The third-order valence-electron chi connectivity index (χ3n) is 6.58. The molecular weight excluding hydrogens is 532 g/mol. The van der Waals surface area contributed by atoms with Crippen molar-refractivity contribution < 1.29 is 23.9 Å². The number of aryl methyl sites for hydroxylation is 2. The maximum Gasteiger partial charge on any atom is 0.408 e. The van der Waals surface area contributed by atoms with Crippen LogP contribution in [0, 0.1) is 13.8 Å². The lowest BCUT2D eigenvalue weighted by atomic mass is 9.96. The lowest BCUT2D eigenvalue weighted by Gasteiger charge is -2.37. The fraction of sp³-hybridized carbons (Fsp3) is 0.394. The molecule has 9 heteroatoms. The fourth-order valence-electron chi connectivity index (χ4n) is 4.94. The predicted molar refractivity (Wildman–Crippen MR) is 165 cm³/mol. The van der Waals surface area contributed by atoms with E-state index in [0.29, 0.717) is 11.3 Å². The van der Waals surface area contributed by atoms with Crippen molar-refractivity contribution in [2.45, 2.75) is 85.0 Å².